The van der Waals surface area contributed by atoms with Crippen molar-refractivity contribution in [1.29, 1.82) is 10.5 Å². The number of rotatable bonds is 2. The number of hydrogen-bond donors (Lipinski definition) is 0. The molecule has 2 heterocycles. The molecule has 150 valence electrons. The molecule has 2 aromatic carbocycles. The van der Waals surface area contributed by atoms with E-state index in [1.165, 1.54) is 0 Å². The summed E-state index contributed by atoms with van der Waals surface area (Å²) in [6.07, 6.45) is 3.82. The van der Waals surface area contributed by atoms with E-state index in [0.29, 0.717) is 10.6 Å². The van der Waals surface area contributed by atoms with E-state index in [1.54, 1.807) is 6.07 Å². The summed E-state index contributed by atoms with van der Waals surface area (Å²) in [4.78, 5) is 15.8. The van der Waals surface area contributed by atoms with Gasteiger partial charge in [-0.15, -0.1) is 0 Å². The second kappa shape index (κ2) is 7.01. The van der Waals surface area contributed by atoms with E-state index in [1.807, 2.05) is 80.3 Å². The predicted molar refractivity (Wildman–Crippen MR) is 118 cm³/mol. The first-order valence-corrected chi connectivity index (χ1v) is 10.3. The number of benzene rings is 2. The maximum absolute atomic E-state index is 13.8. The first kappa shape index (κ1) is 20.2. The van der Waals surface area contributed by atoms with Crippen LogP contribution < -0.4 is 4.90 Å². The van der Waals surface area contributed by atoms with Crippen LogP contribution in [0.3, 0.4) is 0 Å². The Bertz CT molecular complexity index is 1120. The van der Waals surface area contributed by atoms with Gasteiger partial charge in [-0.25, -0.2) is 0 Å². The van der Waals surface area contributed by atoms with Crippen LogP contribution in [0.25, 0.3) is 6.08 Å². The summed E-state index contributed by atoms with van der Waals surface area (Å²) in [5.41, 5.74) is 0.360. The Hall–Kier alpha value is -3.08. The van der Waals surface area contributed by atoms with Crippen molar-refractivity contribution in [3.8, 4) is 12.1 Å². The van der Waals surface area contributed by atoms with Gasteiger partial charge in [0.05, 0.1) is 24.2 Å². The molecule has 30 heavy (non-hydrogen) atoms. The fourth-order valence-electron chi connectivity index (χ4n) is 4.75. The molecule has 0 radical (unpaired) electrons. The smallest absolute Gasteiger partial charge is 0.176 e. The minimum absolute atomic E-state index is 0.0186. The monoisotopic (exact) mass is 415 g/mol. The van der Waals surface area contributed by atoms with Crippen LogP contribution in [0.15, 0.2) is 54.6 Å². The molecule has 0 saturated carbocycles. The van der Waals surface area contributed by atoms with Crippen molar-refractivity contribution < 1.29 is 4.79 Å². The standard InChI is InChI=1S/C25H22ClN3O/c1-24(2,3)23(30)22-21(17-9-5-6-10-18(17)26)25(14-27,15-28)20-13-12-16-8-4-7-11-19(16)29(20)22/h4-13,20-22H,1-3H3/t20-,21-,22+/m0/s1. The molecule has 0 aromatic heterocycles. The topological polar surface area (TPSA) is 67.9 Å². The minimum atomic E-state index is -1.46. The molecule has 0 bridgehead atoms. The molecule has 1 saturated heterocycles. The maximum atomic E-state index is 13.8. The molecule has 0 spiro atoms. The molecular weight excluding hydrogens is 394 g/mol. The number of nitrogens with zero attached hydrogens (tertiary/aromatic N) is 3. The molecule has 0 amide bonds. The molecule has 1 fully saturated rings. The molecule has 2 aliphatic heterocycles. The van der Waals surface area contributed by atoms with Crippen molar-refractivity contribution >= 4 is 29.1 Å². The van der Waals surface area contributed by atoms with Crippen LogP contribution in [0.1, 0.15) is 37.8 Å². The summed E-state index contributed by atoms with van der Waals surface area (Å²) < 4.78 is 0. The zero-order valence-electron chi connectivity index (χ0n) is 17.1. The van der Waals surface area contributed by atoms with Crippen molar-refractivity contribution in [2.45, 2.75) is 38.8 Å². The van der Waals surface area contributed by atoms with Crippen LogP contribution in [0.5, 0.6) is 0 Å². The molecule has 2 aliphatic rings. The fraction of sp³-hybridized carbons (Fsp3) is 0.320. The van der Waals surface area contributed by atoms with E-state index in [-0.39, 0.29) is 5.78 Å². The van der Waals surface area contributed by atoms with Crippen molar-refractivity contribution in [2.24, 2.45) is 10.8 Å². The Morgan fingerprint density at radius 2 is 1.70 bits per heavy atom. The van der Waals surface area contributed by atoms with Gasteiger partial charge in [-0.2, -0.15) is 10.5 Å². The van der Waals surface area contributed by atoms with Gasteiger partial charge in [0.15, 0.2) is 11.2 Å². The number of para-hydroxylation sites is 1. The molecule has 0 unspecified atom stereocenters. The molecule has 3 atom stereocenters. The molecular formula is C25H22ClN3O. The highest BCUT2D eigenvalue weighted by atomic mass is 35.5. The summed E-state index contributed by atoms with van der Waals surface area (Å²) in [6, 6.07) is 18.4. The van der Waals surface area contributed by atoms with Gasteiger partial charge in [0, 0.05) is 22.0 Å². The van der Waals surface area contributed by atoms with Gasteiger partial charge < -0.3 is 4.90 Å². The van der Waals surface area contributed by atoms with E-state index in [4.69, 9.17) is 11.6 Å². The van der Waals surface area contributed by atoms with Crippen LogP contribution in [0, 0.1) is 33.5 Å². The summed E-state index contributed by atoms with van der Waals surface area (Å²) >= 11 is 6.56. The highest BCUT2D eigenvalue weighted by molar-refractivity contribution is 6.31. The van der Waals surface area contributed by atoms with Crippen LogP contribution in [-0.2, 0) is 4.79 Å². The Kier molecular flexibility index (Phi) is 4.72. The summed E-state index contributed by atoms with van der Waals surface area (Å²) in [5, 5.41) is 21.1. The second-order valence-electron chi connectivity index (χ2n) is 8.92. The molecule has 5 heteroatoms. The lowest BCUT2D eigenvalue weighted by Crippen LogP contribution is -2.47. The fourth-order valence-corrected chi connectivity index (χ4v) is 5.00. The second-order valence-corrected chi connectivity index (χ2v) is 9.33. The van der Waals surface area contributed by atoms with Crippen LogP contribution >= 0.6 is 11.6 Å². The first-order chi connectivity index (χ1) is 14.3. The van der Waals surface area contributed by atoms with Crippen molar-refractivity contribution in [3.63, 3.8) is 0 Å². The highest BCUT2D eigenvalue weighted by Crippen LogP contribution is 2.56. The Morgan fingerprint density at radius 3 is 2.33 bits per heavy atom. The number of halogens is 1. The van der Waals surface area contributed by atoms with Crippen LogP contribution in [0.2, 0.25) is 5.02 Å². The van der Waals surface area contributed by atoms with Gasteiger partial charge in [0.2, 0.25) is 0 Å². The number of hydrogen-bond acceptors (Lipinski definition) is 4. The number of Topliss-reactive ketones (excluding diaryl/α,β-unsaturated/α-hetero) is 1. The maximum Gasteiger partial charge on any atom is 0.176 e. The number of carbonyl (C=O) groups is 1. The first-order valence-electron chi connectivity index (χ1n) is 9.93. The summed E-state index contributed by atoms with van der Waals surface area (Å²) in [5.74, 6) is -0.705. The van der Waals surface area contributed by atoms with Gasteiger partial charge in [0.1, 0.15) is 0 Å². The molecule has 0 aliphatic carbocycles. The van der Waals surface area contributed by atoms with Crippen molar-refractivity contribution in [1.82, 2.24) is 0 Å². The number of fused-ring (bicyclic) bond motifs is 3. The third kappa shape index (κ3) is 2.76. The Morgan fingerprint density at radius 1 is 1.07 bits per heavy atom. The zero-order chi connectivity index (χ0) is 21.7. The van der Waals surface area contributed by atoms with Gasteiger partial charge in [0.25, 0.3) is 0 Å². The highest BCUT2D eigenvalue weighted by Gasteiger charge is 2.64. The lowest BCUT2D eigenvalue weighted by atomic mass is 9.67. The Labute approximate surface area is 182 Å². The van der Waals surface area contributed by atoms with E-state index in [9.17, 15) is 15.3 Å². The molecule has 2 aromatic rings. The third-order valence-corrected chi connectivity index (χ3v) is 6.51. The lowest BCUT2D eigenvalue weighted by Gasteiger charge is -2.37. The number of ketones is 1. The van der Waals surface area contributed by atoms with Crippen molar-refractivity contribution in [2.75, 3.05) is 4.90 Å². The molecule has 4 rings (SSSR count). The zero-order valence-corrected chi connectivity index (χ0v) is 17.9. The van der Waals surface area contributed by atoms with Crippen molar-refractivity contribution in [3.05, 3.63) is 70.8 Å². The van der Waals surface area contributed by atoms with E-state index >= 15 is 0 Å². The normalized spacial score (nSPS) is 23.8. The number of carbonyl (C=O) groups excluding carboxylic acids is 1. The van der Waals surface area contributed by atoms with E-state index in [0.717, 1.165) is 11.3 Å². The quantitative estimate of drug-likeness (QED) is 0.662. The largest absolute Gasteiger partial charge is 0.351 e. The van der Waals surface area contributed by atoms with E-state index in [2.05, 4.69) is 12.1 Å². The minimum Gasteiger partial charge on any atom is -0.351 e. The van der Waals surface area contributed by atoms with E-state index < -0.39 is 28.8 Å². The summed E-state index contributed by atoms with van der Waals surface area (Å²) in [7, 11) is 0. The summed E-state index contributed by atoms with van der Waals surface area (Å²) in [6.45, 7) is 5.62. The predicted octanol–water partition coefficient (Wildman–Crippen LogP) is 5.36. The Balaban J connectivity index is 2.06. The van der Waals surface area contributed by atoms with Gasteiger partial charge >= 0.3 is 0 Å². The molecule has 4 nitrogen and oxygen atoms in total. The average Bonchev–Trinajstić information content (AvgIpc) is 3.03. The number of nitriles is 2. The van der Waals surface area contributed by atoms with Crippen LogP contribution in [0.4, 0.5) is 5.69 Å². The SMILES string of the molecule is CC(C)(C)C(=O)[C@H]1[C@H](c2ccccc2Cl)C(C#N)(C#N)[C@@H]2C=Cc3ccccc3N21. The van der Waals surface area contributed by atoms with Gasteiger partial charge in [-0.1, -0.05) is 80.9 Å². The van der Waals surface area contributed by atoms with Gasteiger partial charge in [-0.05, 0) is 23.3 Å². The number of anilines is 1. The molecule has 0 N–H and O–H groups in total. The third-order valence-electron chi connectivity index (χ3n) is 6.16. The van der Waals surface area contributed by atoms with Gasteiger partial charge in [-0.3, -0.25) is 4.79 Å². The average molecular weight is 416 g/mol. The van der Waals surface area contributed by atoms with Crippen LogP contribution in [-0.4, -0.2) is 17.9 Å². The lowest BCUT2D eigenvalue weighted by molar-refractivity contribution is -0.127.